The number of carbonyl (C=O) groups is 1. The summed E-state index contributed by atoms with van der Waals surface area (Å²) < 4.78 is 34.0. The number of alkyl halides is 2. The van der Waals surface area contributed by atoms with Gasteiger partial charge in [0.15, 0.2) is 11.5 Å². The Morgan fingerprint density at radius 3 is 2.54 bits per heavy atom. The first kappa shape index (κ1) is 19.7. The molecule has 140 valence electrons. The van der Waals surface area contributed by atoms with Gasteiger partial charge in [0, 0.05) is 12.1 Å². The van der Waals surface area contributed by atoms with Crippen LogP contribution in [0.4, 0.5) is 8.78 Å². The Balaban J connectivity index is 1.89. The lowest BCUT2D eigenvalue weighted by Gasteiger charge is -2.12. The molecule has 0 aliphatic heterocycles. The fourth-order valence-electron chi connectivity index (χ4n) is 2.71. The normalized spacial score (nSPS) is 10.7. The lowest BCUT2D eigenvalue weighted by atomic mass is 10.0. The van der Waals surface area contributed by atoms with Crippen molar-refractivity contribution in [2.24, 2.45) is 0 Å². The standard InChI is InChI=1S/C20H23F2NO3/c1-13-6-7-15(14(2)11-13)5-4-10-23-19(24)16-8-9-17(26-20(21)22)18(12-16)25-3/h6-9,11-12,20H,4-5,10H2,1-3H3,(H,23,24). The van der Waals surface area contributed by atoms with Crippen LogP contribution in [0.1, 0.15) is 33.5 Å². The summed E-state index contributed by atoms with van der Waals surface area (Å²) in [5, 5.41) is 2.83. The second kappa shape index (κ2) is 9.17. The first-order chi connectivity index (χ1) is 12.4. The fourth-order valence-corrected chi connectivity index (χ4v) is 2.71. The second-order valence-corrected chi connectivity index (χ2v) is 6.03. The predicted molar refractivity (Wildman–Crippen MR) is 96.2 cm³/mol. The molecule has 1 amide bonds. The molecule has 0 aliphatic rings. The molecule has 0 aromatic heterocycles. The largest absolute Gasteiger partial charge is 0.493 e. The van der Waals surface area contributed by atoms with Crippen molar-refractivity contribution in [3.8, 4) is 11.5 Å². The van der Waals surface area contributed by atoms with Crippen LogP contribution < -0.4 is 14.8 Å². The van der Waals surface area contributed by atoms with Gasteiger partial charge in [0.2, 0.25) is 0 Å². The summed E-state index contributed by atoms with van der Waals surface area (Å²) in [6.07, 6.45) is 1.68. The summed E-state index contributed by atoms with van der Waals surface area (Å²) in [7, 11) is 1.33. The van der Waals surface area contributed by atoms with Crippen LogP contribution in [-0.2, 0) is 6.42 Å². The van der Waals surface area contributed by atoms with Crippen molar-refractivity contribution in [1.82, 2.24) is 5.32 Å². The second-order valence-electron chi connectivity index (χ2n) is 6.03. The van der Waals surface area contributed by atoms with E-state index >= 15 is 0 Å². The number of hydrogen-bond donors (Lipinski definition) is 1. The Morgan fingerprint density at radius 1 is 1.12 bits per heavy atom. The third-order valence-corrected chi connectivity index (χ3v) is 4.05. The Bertz CT molecular complexity index is 763. The highest BCUT2D eigenvalue weighted by molar-refractivity contribution is 5.94. The minimum absolute atomic E-state index is 0.0910. The van der Waals surface area contributed by atoms with E-state index < -0.39 is 6.61 Å². The van der Waals surface area contributed by atoms with Crippen LogP contribution in [0.3, 0.4) is 0 Å². The zero-order valence-electron chi connectivity index (χ0n) is 15.1. The van der Waals surface area contributed by atoms with Crippen molar-refractivity contribution in [2.75, 3.05) is 13.7 Å². The molecule has 2 aromatic rings. The maximum Gasteiger partial charge on any atom is 0.387 e. The van der Waals surface area contributed by atoms with E-state index in [2.05, 4.69) is 42.1 Å². The molecule has 0 unspecified atom stereocenters. The Hall–Kier alpha value is -2.63. The van der Waals surface area contributed by atoms with E-state index in [-0.39, 0.29) is 17.4 Å². The van der Waals surface area contributed by atoms with Crippen molar-refractivity contribution >= 4 is 5.91 Å². The molecular weight excluding hydrogens is 340 g/mol. The van der Waals surface area contributed by atoms with Crippen LogP contribution in [0, 0.1) is 13.8 Å². The molecule has 0 atom stereocenters. The number of carbonyl (C=O) groups excluding carboxylic acids is 1. The average molecular weight is 363 g/mol. The number of hydrogen-bond acceptors (Lipinski definition) is 3. The van der Waals surface area contributed by atoms with Crippen LogP contribution in [-0.4, -0.2) is 26.2 Å². The summed E-state index contributed by atoms with van der Waals surface area (Å²) in [4.78, 5) is 12.2. The van der Waals surface area contributed by atoms with Gasteiger partial charge in [0.05, 0.1) is 7.11 Å². The minimum atomic E-state index is -2.95. The number of methoxy groups -OCH3 is 1. The molecule has 0 heterocycles. The molecule has 2 rings (SSSR count). The van der Waals surface area contributed by atoms with Crippen molar-refractivity contribution < 1.29 is 23.0 Å². The van der Waals surface area contributed by atoms with E-state index in [0.29, 0.717) is 12.1 Å². The molecule has 4 nitrogen and oxygen atoms in total. The van der Waals surface area contributed by atoms with Gasteiger partial charge in [0.25, 0.3) is 5.91 Å². The maximum absolute atomic E-state index is 12.3. The van der Waals surface area contributed by atoms with Gasteiger partial charge < -0.3 is 14.8 Å². The number of benzene rings is 2. The van der Waals surface area contributed by atoms with Crippen LogP contribution in [0.25, 0.3) is 0 Å². The summed E-state index contributed by atoms with van der Waals surface area (Å²) >= 11 is 0. The summed E-state index contributed by atoms with van der Waals surface area (Å²) in [5.74, 6) is -0.297. The predicted octanol–water partition coefficient (Wildman–Crippen LogP) is 4.28. The van der Waals surface area contributed by atoms with Crippen LogP contribution in [0.2, 0.25) is 0 Å². The van der Waals surface area contributed by atoms with Crippen LogP contribution in [0.5, 0.6) is 11.5 Å². The van der Waals surface area contributed by atoms with Crippen molar-refractivity contribution in [2.45, 2.75) is 33.3 Å². The molecule has 26 heavy (non-hydrogen) atoms. The summed E-state index contributed by atoms with van der Waals surface area (Å²) in [6.45, 7) is 1.71. The number of aryl methyl sites for hydroxylation is 3. The monoisotopic (exact) mass is 363 g/mol. The van der Waals surface area contributed by atoms with Gasteiger partial charge in [-0.15, -0.1) is 0 Å². The molecule has 1 N–H and O–H groups in total. The third kappa shape index (κ3) is 5.44. The van der Waals surface area contributed by atoms with Crippen LogP contribution >= 0.6 is 0 Å². The van der Waals surface area contributed by atoms with E-state index in [1.54, 1.807) is 0 Å². The van der Waals surface area contributed by atoms with Crippen molar-refractivity contribution in [1.29, 1.82) is 0 Å². The topological polar surface area (TPSA) is 47.6 Å². The van der Waals surface area contributed by atoms with Gasteiger partial charge in [-0.25, -0.2) is 0 Å². The molecule has 2 aromatic carbocycles. The summed E-state index contributed by atoms with van der Waals surface area (Å²) in [6, 6.07) is 10.4. The lowest BCUT2D eigenvalue weighted by Crippen LogP contribution is -2.24. The molecular formula is C20H23F2NO3. The Kier molecular flexibility index (Phi) is 6.95. The van der Waals surface area contributed by atoms with Gasteiger partial charge in [-0.1, -0.05) is 23.8 Å². The van der Waals surface area contributed by atoms with E-state index in [4.69, 9.17) is 4.74 Å². The summed E-state index contributed by atoms with van der Waals surface area (Å²) in [5.41, 5.74) is 4.07. The van der Waals surface area contributed by atoms with Gasteiger partial charge in [-0.05, 0) is 56.0 Å². The zero-order chi connectivity index (χ0) is 19.1. The Labute approximate surface area is 152 Å². The number of ether oxygens (including phenoxy) is 2. The molecule has 0 bridgehead atoms. The highest BCUT2D eigenvalue weighted by Gasteiger charge is 2.14. The number of halogens is 2. The molecule has 0 fully saturated rings. The highest BCUT2D eigenvalue weighted by atomic mass is 19.3. The van der Waals surface area contributed by atoms with Gasteiger partial charge in [-0.2, -0.15) is 8.78 Å². The molecule has 6 heteroatoms. The van der Waals surface area contributed by atoms with Gasteiger partial charge >= 0.3 is 6.61 Å². The molecule has 0 radical (unpaired) electrons. The van der Waals surface area contributed by atoms with E-state index in [9.17, 15) is 13.6 Å². The molecule has 0 saturated carbocycles. The fraction of sp³-hybridized carbons (Fsp3) is 0.350. The third-order valence-electron chi connectivity index (χ3n) is 4.05. The highest BCUT2D eigenvalue weighted by Crippen LogP contribution is 2.29. The first-order valence-electron chi connectivity index (χ1n) is 8.38. The number of amides is 1. The average Bonchev–Trinajstić information content (AvgIpc) is 2.59. The van der Waals surface area contributed by atoms with E-state index in [0.717, 1.165) is 12.8 Å². The van der Waals surface area contributed by atoms with E-state index in [1.807, 2.05) is 0 Å². The van der Waals surface area contributed by atoms with Gasteiger partial charge in [-0.3, -0.25) is 4.79 Å². The quantitative estimate of drug-likeness (QED) is 0.712. The van der Waals surface area contributed by atoms with Crippen LogP contribution in [0.15, 0.2) is 36.4 Å². The SMILES string of the molecule is COc1cc(C(=O)NCCCc2ccc(C)cc2C)ccc1OC(F)F. The van der Waals surface area contributed by atoms with Crippen molar-refractivity contribution in [3.63, 3.8) is 0 Å². The minimum Gasteiger partial charge on any atom is -0.493 e. The number of nitrogens with one attached hydrogen (secondary N) is 1. The van der Waals surface area contributed by atoms with Crippen molar-refractivity contribution in [3.05, 3.63) is 58.7 Å². The first-order valence-corrected chi connectivity index (χ1v) is 8.38. The number of rotatable bonds is 8. The molecule has 0 spiro atoms. The molecule has 0 saturated heterocycles. The molecule has 0 aliphatic carbocycles. The zero-order valence-corrected chi connectivity index (χ0v) is 15.1. The van der Waals surface area contributed by atoms with Gasteiger partial charge in [0.1, 0.15) is 0 Å². The maximum atomic E-state index is 12.3. The Morgan fingerprint density at radius 2 is 1.88 bits per heavy atom. The smallest absolute Gasteiger partial charge is 0.387 e. The van der Waals surface area contributed by atoms with E-state index in [1.165, 1.54) is 42.0 Å². The lowest BCUT2D eigenvalue weighted by molar-refractivity contribution is -0.0512.